The SMILES string of the molecule is C1CCC(CCC(C2CCCCC2)(C2CCCCC2)C2CCCCC2)CC1. The summed E-state index contributed by atoms with van der Waals surface area (Å²) in [5.74, 6) is 4.39. The van der Waals surface area contributed by atoms with Gasteiger partial charge in [-0.3, -0.25) is 0 Å². The average Bonchev–Trinajstić information content (AvgIpc) is 2.77. The molecule has 0 aliphatic heterocycles. The minimum atomic E-state index is 0.763. The molecule has 0 radical (unpaired) electrons. The Morgan fingerprint density at radius 1 is 0.407 bits per heavy atom. The van der Waals surface area contributed by atoms with Crippen LogP contribution in [0.3, 0.4) is 0 Å². The van der Waals surface area contributed by atoms with Gasteiger partial charge in [0, 0.05) is 0 Å². The van der Waals surface area contributed by atoms with Gasteiger partial charge in [-0.1, -0.05) is 89.9 Å². The van der Waals surface area contributed by atoms with Gasteiger partial charge in [-0.25, -0.2) is 0 Å². The molecule has 0 nitrogen and oxygen atoms in total. The van der Waals surface area contributed by atoms with E-state index in [9.17, 15) is 0 Å². The molecular weight excluding hydrogens is 324 g/mol. The lowest BCUT2D eigenvalue weighted by Crippen LogP contribution is -2.47. The highest BCUT2D eigenvalue weighted by Gasteiger charge is 2.50. The van der Waals surface area contributed by atoms with Crippen molar-refractivity contribution < 1.29 is 0 Å². The van der Waals surface area contributed by atoms with E-state index < -0.39 is 0 Å². The van der Waals surface area contributed by atoms with Crippen LogP contribution in [0.1, 0.15) is 141 Å². The summed E-state index contributed by atoms with van der Waals surface area (Å²) in [5, 5.41) is 0. The third-order valence-corrected chi connectivity index (χ3v) is 9.81. The quantitative estimate of drug-likeness (QED) is 0.436. The molecule has 0 aromatic heterocycles. The second kappa shape index (κ2) is 10.2. The molecule has 156 valence electrons. The van der Waals surface area contributed by atoms with Gasteiger partial charge in [0.05, 0.1) is 0 Å². The fourth-order valence-corrected chi connectivity index (χ4v) is 8.46. The lowest BCUT2D eigenvalue weighted by Gasteiger charge is -2.56. The fraction of sp³-hybridized carbons (Fsp3) is 1.00. The minimum absolute atomic E-state index is 0.763. The van der Waals surface area contributed by atoms with Crippen molar-refractivity contribution in [3.05, 3.63) is 0 Å². The maximum absolute atomic E-state index is 1.64. The Bertz CT molecular complexity index is 354. The first-order valence-corrected chi connectivity index (χ1v) is 13.4. The Hall–Kier alpha value is 0. The zero-order chi connectivity index (χ0) is 18.4. The van der Waals surface area contributed by atoms with E-state index in [0.717, 1.165) is 29.1 Å². The predicted molar refractivity (Wildman–Crippen MR) is 118 cm³/mol. The second-order valence-corrected chi connectivity index (χ2v) is 11.2. The topological polar surface area (TPSA) is 0 Å². The van der Waals surface area contributed by atoms with Crippen LogP contribution in [0, 0.1) is 29.1 Å². The summed E-state index contributed by atoms with van der Waals surface area (Å²) in [7, 11) is 0. The molecule has 27 heavy (non-hydrogen) atoms. The summed E-state index contributed by atoms with van der Waals surface area (Å²) in [6, 6.07) is 0. The molecule has 0 aromatic rings. The van der Waals surface area contributed by atoms with E-state index in [2.05, 4.69) is 0 Å². The summed E-state index contributed by atoms with van der Waals surface area (Å²) >= 11 is 0. The molecule has 4 aliphatic carbocycles. The molecular formula is C27H48. The van der Waals surface area contributed by atoms with Gasteiger partial charge in [0.2, 0.25) is 0 Å². The van der Waals surface area contributed by atoms with Gasteiger partial charge >= 0.3 is 0 Å². The van der Waals surface area contributed by atoms with E-state index in [4.69, 9.17) is 0 Å². The van der Waals surface area contributed by atoms with Crippen LogP contribution in [0.5, 0.6) is 0 Å². The normalized spacial score (nSPS) is 28.4. The van der Waals surface area contributed by atoms with Crippen LogP contribution in [0.4, 0.5) is 0 Å². The molecule has 4 rings (SSSR count). The van der Waals surface area contributed by atoms with Crippen molar-refractivity contribution in [3.63, 3.8) is 0 Å². The molecule has 0 spiro atoms. The van der Waals surface area contributed by atoms with Crippen LogP contribution in [-0.2, 0) is 0 Å². The first-order valence-electron chi connectivity index (χ1n) is 13.4. The molecule has 0 unspecified atom stereocenters. The molecule has 0 N–H and O–H groups in total. The molecule has 0 heterocycles. The van der Waals surface area contributed by atoms with Gasteiger partial charge in [0.15, 0.2) is 0 Å². The molecule has 4 saturated carbocycles. The van der Waals surface area contributed by atoms with E-state index in [0.29, 0.717) is 0 Å². The first-order chi connectivity index (χ1) is 13.4. The highest BCUT2D eigenvalue weighted by atomic mass is 14.5. The summed E-state index contributed by atoms with van der Waals surface area (Å²) in [5.41, 5.74) is 0.763. The minimum Gasteiger partial charge on any atom is -0.0533 e. The van der Waals surface area contributed by atoms with Gasteiger partial charge in [0.25, 0.3) is 0 Å². The van der Waals surface area contributed by atoms with E-state index in [1.165, 1.54) is 38.5 Å². The lowest BCUT2D eigenvalue weighted by molar-refractivity contribution is -0.0602. The van der Waals surface area contributed by atoms with Crippen LogP contribution >= 0.6 is 0 Å². The number of rotatable bonds is 6. The highest BCUT2D eigenvalue weighted by molar-refractivity contribution is 4.99. The Labute approximate surface area is 170 Å². The Kier molecular flexibility index (Phi) is 7.63. The molecule has 0 saturated heterocycles. The predicted octanol–water partition coefficient (Wildman–Crippen LogP) is 9.07. The summed E-state index contributed by atoms with van der Waals surface area (Å²) < 4.78 is 0. The Morgan fingerprint density at radius 3 is 1.11 bits per heavy atom. The average molecular weight is 373 g/mol. The summed E-state index contributed by atoms with van der Waals surface area (Å²) in [4.78, 5) is 0. The van der Waals surface area contributed by atoms with Crippen molar-refractivity contribution in [2.75, 3.05) is 0 Å². The molecule has 0 heteroatoms. The third kappa shape index (κ3) is 4.78. The van der Waals surface area contributed by atoms with Crippen LogP contribution in [0.25, 0.3) is 0 Å². The van der Waals surface area contributed by atoms with Crippen molar-refractivity contribution in [3.8, 4) is 0 Å². The molecule has 0 atom stereocenters. The van der Waals surface area contributed by atoms with Gasteiger partial charge in [-0.15, -0.1) is 0 Å². The molecule has 4 aliphatic rings. The standard InChI is InChI=1S/C27H48/c1-5-13-23(14-6-1)21-22-27(24-15-7-2-8-16-24,25-17-9-3-10-18-25)26-19-11-4-12-20-26/h23-26H,1-22H2. The van der Waals surface area contributed by atoms with Crippen LogP contribution < -0.4 is 0 Å². The monoisotopic (exact) mass is 372 g/mol. The lowest BCUT2D eigenvalue weighted by atomic mass is 9.49. The summed E-state index contributed by atoms with van der Waals surface area (Å²) in [6.45, 7) is 0. The third-order valence-electron chi connectivity index (χ3n) is 9.81. The van der Waals surface area contributed by atoms with E-state index >= 15 is 0 Å². The van der Waals surface area contributed by atoms with Gasteiger partial charge in [-0.2, -0.15) is 0 Å². The highest BCUT2D eigenvalue weighted by Crippen LogP contribution is 2.59. The van der Waals surface area contributed by atoms with E-state index in [-0.39, 0.29) is 0 Å². The van der Waals surface area contributed by atoms with Crippen molar-refractivity contribution in [1.82, 2.24) is 0 Å². The van der Waals surface area contributed by atoms with Gasteiger partial charge in [-0.05, 0) is 80.5 Å². The molecule has 0 bridgehead atoms. The molecule has 0 aromatic carbocycles. The molecule has 0 amide bonds. The van der Waals surface area contributed by atoms with E-state index in [1.807, 2.05) is 0 Å². The van der Waals surface area contributed by atoms with Gasteiger partial charge < -0.3 is 0 Å². The van der Waals surface area contributed by atoms with Crippen molar-refractivity contribution in [2.45, 2.75) is 141 Å². The smallest absolute Gasteiger partial charge is 0.0212 e. The second-order valence-electron chi connectivity index (χ2n) is 11.2. The Balaban J connectivity index is 1.58. The van der Waals surface area contributed by atoms with Crippen LogP contribution in [0.15, 0.2) is 0 Å². The Morgan fingerprint density at radius 2 is 0.741 bits per heavy atom. The van der Waals surface area contributed by atoms with Crippen molar-refractivity contribution in [1.29, 1.82) is 0 Å². The van der Waals surface area contributed by atoms with Crippen molar-refractivity contribution in [2.24, 2.45) is 29.1 Å². The maximum atomic E-state index is 1.64. The number of hydrogen-bond donors (Lipinski definition) is 0. The maximum Gasteiger partial charge on any atom is -0.0212 e. The zero-order valence-electron chi connectivity index (χ0n) is 18.4. The van der Waals surface area contributed by atoms with Crippen LogP contribution in [-0.4, -0.2) is 0 Å². The van der Waals surface area contributed by atoms with Crippen LogP contribution in [0.2, 0.25) is 0 Å². The zero-order valence-corrected chi connectivity index (χ0v) is 18.4. The van der Waals surface area contributed by atoms with E-state index in [1.54, 1.807) is 103 Å². The fourth-order valence-electron chi connectivity index (χ4n) is 8.46. The van der Waals surface area contributed by atoms with Crippen molar-refractivity contribution >= 4 is 0 Å². The first kappa shape index (κ1) is 20.3. The summed E-state index contributed by atoms with van der Waals surface area (Å²) in [6.07, 6.45) is 34.4. The largest absolute Gasteiger partial charge is 0.0533 e. The van der Waals surface area contributed by atoms with Gasteiger partial charge in [0.1, 0.15) is 0 Å². The molecule has 4 fully saturated rings. The number of hydrogen-bond acceptors (Lipinski definition) is 0.